The summed E-state index contributed by atoms with van der Waals surface area (Å²) in [7, 11) is 0. The number of carbonyl (C=O) groups is 3. The number of allylic oxidation sites excluding steroid dienone is 3. The Labute approximate surface area is 318 Å². The third-order valence-electron chi connectivity index (χ3n) is 15.2. The molecule has 9 atom stereocenters. The standard InChI is InChI=1S/C45H57N3O6/c1-22(2)35-38(52)33-32-25(28-20-41(4,5)54-42(6,7)34(28)37(32)51)19-26-27-18-24-13-14-29-43(8,16-11-12-23(3)40(53)47-21-31(46)50)30(49)15-17-44(29,9)45(24,10)39(27)48(35)36(26)33/h11-12,16,19-20,24,29-30,34-35,37,49,51H,1,13-15,17-18,21H2,2-10H3,(H2,46,50)(H,47,53)/b16-11+,23-12+/t24-,29-,30-,34+,35-,37+,43-,44-,45+/m0/s1. The molecule has 1 aromatic heterocycles. The third kappa shape index (κ3) is 4.70. The second-order valence-electron chi connectivity index (χ2n) is 19.2. The number of Topliss-reactive ketones (excluding diaryl/α,β-unsaturated/α-hetero) is 1. The summed E-state index contributed by atoms with van der Waals surface area (Å²) >= 11 is 0. The lowest BCUT2D eigenvalue weighted by molar-refractivity contribution is -0.144. The van der Waals surface area contributed by atoms with Crippen LogP contribution in [0.4, 0.5) is 0 Å². The summed E-state index contributed by atoms with van der Waals surface area (Å²) in [6, 6.07) is 1.73. The fourth-order valence-corrected chi connectivity index (χ4v) is 12.9. The number of carbonyl (C=O) groups excluding carboxylic acids is 3. The van der Waals surface area contributed by atoms with Crippen molar-refractivity contribution in [2.24, 2.45) is 34.3 Å². The summed E-state index contributed by atoms with van der Waals surface area (Å²) in [5.74, 6) is -0.774. The number of nitrogens with one attached hydrogen (secondary N) is 1. The number of aliphatic hydroxyl groups excluding tert-OH is 2. The van der Waals surface area contributed by atoms with Gasteiger partial charge in [0, 0.05) is 39.0 Å². The molecule has 2 fully saturated rings. The molecule has 1 aromatic carbocycles. The van der Waals surface area contributed by atoms with E-state index in [1.807, 2.05) is 26.8 Å². The molecule has 9 heteroatoms. The molecule has 8 rings (SSSR count). The Morgan fingerprint density at radius 2 is 1.80 bits per heavy atom. The van der Waals surface area contributed by atoms with Gasteiger partial charge in [-0.05, 0) is 120 Å². The molecular formula is C45H57N3O6. The SMILES string of the molecule is C=C(C)[C@H]1C(=O)c2c3c(cc4c5c(n1c24)[C@@]1(C)[C@@H](CC[C@H]2[C@](C)(/C=C/C=C(\C)C(=O)NCC(N)=O)[C@@H](O)CC[C@@]21C)C5)C1=CC(C)(C)OC(C)(C)[C@H]1[C@@H]3O. The zero-order valence-corrected chi connectivity index (χ0v) is 33.4. The summed E-state index contributed by atoms with van der Waals surface area (Å²) in [5, 5.41) is 27.6. The number of hydrogen-bond acceptors (Lipinski definition) is 6. The maximum absolute atomic E-state index is 14.9. The van der Waals surface area contributed by atoms with Gasteiger partial charge in [0.05, 0.1) is 41.0 Å². The van der Waals surface area contributed by atoms with Crippen LogP contribution >= 0.6 is 0 Å². The number of ketones is 1. The van der Waals surface area contributed by atoms with E-state index in [-0.39, 0.29) is 40.9 Å². The Balaban J connectivity index is 1.28. The molecule has 0 spiro atoms. The number of nitrogens with zero attached hydrogens (tertiary/aromatic N) is 1. The van der Waals surface area contributed by atoms with E-state index in [1.165, 1.54) is 11.3 Å². The minimum atomic E-state index is -0.873. The van der Waals surface area contributed by atoms with Gasteiger partial charge >= 0.3 is 0 Å². The van der Waals surface area contributed by atoms with Crippen molar-refractivity contribution in [2.75, 3.05) is 6.54 Å². The number of aromatic nitrogens is 1. The van der Waals surface area contributed by atoms with Crippen molar-refractivity contribution in [3.05, 3.63) is 76.0 Å². The fourth-order valence-electron chi connectivity index (χ4n) is 12.9. The van der Waals surface area contributed by atoms with Crippen molar-refractivity contribution in [1.29, 1.82) is 0 Å². The van der Waals surface area contributed by atoms with E-state index in [2.05, 4.69) is 69.3 Å². The lowest BCUT2D eigenvalue weighted by Gasteiger charge is -2.64. The third-order valence-corrected chi connectivity index (χ3v) is 15.2. The van der Waals surface area contributed by atoms with E-state index in [0.717, 1.165) is 58.9 Å². The molecule has 288 valence electrons. The average molecular weight is 736 g/mol. The van der Waals surface area contributed by atoms with Crippen molar-refractivity contribution in [2.45, 2.75) is 129 Å². The summed E-state index contributed by atoms with van der Waals surface area (Å²) < 4.78 is 8.87. The van der Waals surface area contributed by atoms with Gasteiger partial charge in [0.2, 0.25) is 11.8 Å². The first-order valence-corrected chi connectivity index (χ1v) is 19.8. The number of hydrogen-bond donors (Lipinski definition) is 4. The van der Waals surface area contributed by atoms with Crippen LogP contribution in [0.25, 0.3) is 16.5 Å². The summed E-state index contributed by atoms with van der Waals surface area (Å²) in [6.45, 7) is 23.0. The lowest BCUT2D eigenvalue weighted by Crippen LogP contribution is -2.62. The van der Waals surface area contributed by atoms with Gasteiger partial charge in [0.1, 0.15) is 6.04 Å². The minimum Gasteiger partial charge on any atom is -0.392 e. The Kier molecular flexibility index (Phi) is 7.99. The number of rotatable bonds is 6. The van der Waals surface area contributed by atoms with E-state index in [0.29, 0.717) is 23.5 Å². The Hall–Kier alpha value is -3.79. The first-order chi connectivity index (χ1) is 25.1. The highest BCUT2D eigenvalue weighted by Crippen LogP contribution is 2.71. The molecule has 5 N–H and O–H groups in total. The van der Waals surface area contributed by atoms with Gasteiger partial charge in [0.15, 0.2) is 5.78 Å². The molecule has 2 saturated carbocycles. The molecule has 54 heavy (non-hydrogen) atoms. The fraction of sp³-hybridized carbons (Fsp3) is 0.578. The van der Waals surface area contributed by atoms with Crippen LogP contribution in [0.5, 0.6) is 0 Å². The maximum Gasteiger partial charge on any atom is 0.247 e. The normalized spacial score (nSPS) is 37.1. The van der Waals surface area contributed by atoms with Crippen LogP contribution in [0.2, 0.25) is 0 Å². The van der Waals surface area contributed by atoms with Gasteiger partial charge in [-0.25, -0.2) is 0 Å². The van der Waals surface area contributed by atoms with Crippen LogP contribution in [-0.2, 0) is 26.2 Å². The number of ether oxygens (including phenoxy) is 1. The largest absolute Gasteiger partial charge is 0.392 e. The Morgan fingerprint density at radius 1 is 1.09 bits per heavy atom. The lowest BCUT2D eigenvalue weighted by atomic mass is 9.40. The van der Waals surface area contributed by atoms with Crippen LogP contribution in [0.3, 0.4) is 0 Å². The predicted molar refractivity (Wildman–Crippen MR) is 210 cm³/mol. The summed E-state index contributed by atoms with van der Waals surface area (Å²) in [5.41, 5.74) is 11.1. The first kappa shape index (κ1) is 37.1. The Morgan fingerprint density at radius 3 is 2.46 bits per heavy atom. The van der Waals surface area contributed by atoms with Crippen LogP contribution in [-0.4, -0.2) is 56.2 Å². The van der Waals surface area contributed by atoms with Crippen LogP contribution in [0, 0.1) is 28.6 Å². The van der Waals surface area contributed by atoms with E-state index >= 15 is 0 Å². The maximum atomic E-state index is 14.9. The molecule has 0 unspecified atom stereocenters. The van der Waals surface area contributed by atoms with Gasteiger partial charge in [0.25, 0.3) is 0 Å². The summed E-state index contributed by atoms with van der Waals surface area (Å²) in [6.07, 6.45) is 10.7. The Bertz CT molecular complexity index is 2170. The number of nitrogens with two attached hydrogens (primary N) is 1. The van der Waals surface area contributed by atoms with E-state index in [9.17, 15) is 24.6 Å². The molecular weight excluding hydrogens is 679 g/mol. The van der Waals surface area contributed by atoms with Gasteiger partial charge in [-0.2, -0.15) is 0 Å². The van der Waals surface area contributed by atoms with Crippen LogP contribution in [0.1, 0.15) is 133 Å². The summed E-state index contributed by atoms with van der Waals surface area (Å²) in [4.78, 5) is 38.7. The van der Waals surface area contributed by atoms with Gasteiger partial charge in [-0.15, -0.1) is 0 Å². The van der Waals surface area contributed by atoms with Gasteiger partial charge < -0.3 is 30.6 Å². The van der Waals surface area contributed by atoms with Crippen molar-refractivity contribution >= 4 is 34.1 Å². The second-order valence-corrected chi connectivity index (χ2v) is 19.2. The highest BCUT2D eigenvalue weighted by Gasteiger charge is 2.67. The zero-order valence-electron chi connectivity index (χ0n) is 33.4. The topological polar surface area (TPSA) is 144 Å². The highest BCUT2D eigenvalue weighted by atomic mass is 16.5. The monoisotopic (exact) mass is 735 g/mol. The number of aliphatic hydroxyl groups is 2. The molecule has 2 aliphatic heterocycles. The molecule has 3 heterocycles. The molecule has 4 aliphatic carbocycles. The predicted octanol–water partition coefficient (Wildman–Crippen LogP) is 6.70. The quantitative estimate of drug-likeness (QED) is 0.148. The number of benzene rings is 1. The van der Waals surface area contributed by atoms with E-state index in [4.69, 9.17) is 10.5 Å². The van der Waals surface area contributed by atoms with Crippen LogP contribution in [0.15, 0.2) is 48.1 Å². The molecule has 6 aliphatic rings. The number of fused-ring (bicyclic) bond motifs is 11. The molecule has 0 bridgehead atoms. The first-order valence-electron chi connectivity index (χ1n) is 19.8. The van der Waals surface area contributed by atoms with Gasteiger partial charge in [-0.3, -0.25) is 14.4 Å². The highest BCUT2D eigenvalue weighted by molar-refractivity contribution is 6.18. The smallest absolute Gasteiger partial charge is 0.247 e. The zero-order chi connectivity index (χ0) is 39.2. The van der Waals surface area contributed by atoms with Crippen molar-refractivity contribution in [3.63, 3.8) is 0 Å². The van der Waals surface area contributed by atoms with E-state index in [1.54, 1.807) is 13.0 Å². The number of amides is 2. The molecule has 9 nitrogen and oxygen atoms in total. The molecule has 0 saturated heterocycles. The molecule has 0 radical (unpaired) electrons. The van der Waals surface area contributed by atoms with E-state index < -0.39 is 40.8 Å². The number of primary amides is 1. The van der Waals surface area contributed by atoms with Gasteiger partial charge in [-0.1, -0.05) is 51.2 Å². The van der Waals surface area contributed by atoms with Crippen LogP contribution < -0.4 is 11.1 Å². The average Bonchev–Trinajstić information content (AvgIpc) is 3.74. The van der Waals surface area contributed by atoms with Crippen molar-refractivity contribution in [3.8, 4) is 0 Å². The second kappa shape index (κ2) is 11.6. The van der Waals surface area contributed by atoms with Crippen molar-refractivity contribution in [1.82, 2.24) is 9.88 Å². The molecule has 2 amide bonds. The minimum absolute atomic E-state index is 0.0110. The van der Waals surface area contributed by atoms with Crippen molar-refractivity contribution < 1.29 is 29.3 Å². The molecule has 2 aromatic rings.